The Labute approximate surface area is 123 Å². The van der Waals surface area contributed by atoms with E-state index < -0.39 is 5.56 Å². The van der Waals surface area contributed by atoms with Crippen LogP contribution in [0.1, 0.15) is 5.69 Å². The first-order valence-electron chi connectivity index (χ1n) is 5.98. The number of rotatable bonds is 3. The zero-order valence-electron chi connectivity index (χ0n) is 10.6. The van der Waals surface area contributed by atoms with Crippen molar-refractivity contribution in [3.63, 3.8) is 0 Å². The minimum Gasteiger partial charge on any atom is -0.275 e. The number of H-pyrrole nitrogens is 1. The van der Waals surface area contributed by atoms with E-state index in [0.717, 1.165) is 11.0 Å². The molecule has 0 spiro atoms. The second kappa shape index (κ2) is 5.68. The summed E-state index contributed by atoms with van der Waals surface area (Å²) in [5, 5.41) is 9.80. The Balaban J connectivity index is 1.81. The van der Waals surface area contributed by atoms with E-state index in [4.69, 9.17) is 11.6 Å². The van der Waals surface area contributed by atoms with Gasteiger partial charge in [-0.3, -0.25) is 15.2 Å². The van der Waals surface area contributed by atoms with Crippen molar-refractivity contribution in [1.29, 1.82) is 0 Å². The van der Waals surface area contributed by atoms with Gasteiger partial charge in [-0.1, -0.05) is 23.7 Å². The van der Waals surface area contributed by atoms with E-state index in [1.54, 1.807) is 6.20 Å². The number of fused-ring (bicyclic) bond motifs is 1. The van der Waals surface area contributed by atoms with E-state index in [1.165, 1.54) is 12.4 Å². The van der Waals surface area contributed by atoms with E-state index in [2.05, 4.69) is 30.7 Å². The number of nitrogens with zero attached hydrogens (tertiary/aromatic N) is 4. The van der Waals surface area contributed by atoms with Crippen LogP contribution in [0.2, 0.25) is 5.02 Å². The predicted molar refractivity (Wildman–Crippen MR) is 80.6 cm³/mol. The highest BCUT2D eigenvalue weighted by Crippen LogP contribution is 2.14. The molecule has 0 atom stereocenters. The fourth-order valence-corrected chi connectivity index (χ4v) is 1.80. The SMILES string of the molecule is O=c1[nH]ncc(N/N=C\c2cnc3ccccc3n2)c1Cl. The summed E-state index contributed by atoms with van der Waals surface area (Å²) in [5.74, 6) is 0. The Kier molecular flexibility index (Phi) is 3.57. The molecule has 3 rings (SSSR count). The number of aromatic nitrogens is 4. The lowest BCUT2D eigenvalue weighted by atomic mass is 10.3. The molecule has 7 nitrogen and oxygen atoms in total. The van der Waals surface area contributed by atoms with Crippen molar-refractivity contribution in [2.75, 3.05) is 5.43 Å². The third-order valence-corrected chi connectivity index (χ3v) is 3.02. The molecule has 0 radical (unpaired) electrons. The van der Waals surface area contributed by atoms with Crippen molar-refractivity contribution in [2.24, 2.45) is 5.10 Å². The molecule has 2 N–H and O–H groups in total. The Bertz CT molecular complexity index is 876. The standard InChI is InChI=1S/C13H9ClN6O/c14-12-11(7-17-20-13(12)21)19-16-6-8-5-15-9-3-1-2-4-10(9)18-8/h1-7H,(H2,19,20,21)/b16-6-. The summed E-state index contributed by atoms with van der Waals surface area (Å²) in [5.41, 5.74) is 4.63. The van der Waals surface area contributed by atoms with E-state index in [0.29, 0.717) is 11.4 Å². The first kappa shape index (κ1) is 13.2. The topological polar surface area (TPSA) is 95.9 Å². The van der Waals surface area contributed by atoms with Crippen molar-refractivity contribution in [3.8, 4) is 0 Å². The monoisotopic (exact) mass is 300 g/mol. The van der Waals surface area contributed by atoms with Gasteiger partial charge in [-0.2, -0.15) is 10.2 Å². The van der Waals surface area contributed by atoms with Crippen LogP contribution in [0, 0.1) is 0 Å². The van der Waals surface area contributed by atoms with Crippen molar-refractivity contribution < 1.29 is 0 Å². The second-order valence-corrected chi connectivity index (χ2v) is 4.46. The Morgan fingerprint density at radius 2 is 2.05 bits per heavy atom. The van der Waals surface area contributed by atoms with Crippen molar-refractivity contribution in [1.82, 2.24) is 20.2 Å². The molecule has 0 fully saturated rings. The molecule has 8 heteroatoms. The highest BCUT2D eigenvalue weighted by Gasteiger charge is 2.03. The van der Waals surface area contributed by atoms with Crippen molar-refractivity contribution in [3.05, 3.63) is 57.7 Å². The van der Waals surface area contributed by atoms with Crippen LogP contribution >= 0.6 is 11.6 Å². The Morgan fingerprint density at radius 1 is 1.24 bits per heavy atom. The largest absolute Gasteiger partial charge is 0.285 e. The van der Waals surface area contributed by atoms with Gasteiger partial charge in [0.25, 0.3) is 5.56 Å². The first-order chi connectivity index (χ1) is 10.2. The third kappa shape index (κ3) is 2.87. The predicted octanol–water partition coefficient (Wildman–Crippen LogP) is 1.81. The molecular formula is C13H9ClN6O. The van der Waals surface area contributed by atoms with E-state index in [-0.39, 0.29) is 5.02 Å². The molecule has 2 aromatic heterocycles. The lowest BCUT2D eigenvalue weighted by Gasteiger charge is -2.00. The van der Waals surface area contributed by atoms with Crippen molar-refractivity contribution >= 4 is 34.5 Å². The quantitative estimate of drug-likeness (QED) is 0.568. The molecule has 0 aliphatic heterocycles. The van der Waals surface area contributed by atoms with Gasteiger partial charge in [0.05, 0.1) is 29.6 Å². The summed E-state index contributed by atoms with van der Waals surface area (Å²) in [7, 11) is 0. The van der Waals surface area contributed by atoms with E-state index in [1.807, 2.05) is 24.3 Å². The van der Waals surface area contributed by atoms with Gasteiger partial charge in [-0.25, -0.2) is 10.1 Å². The first-order valence-corrected chi connectivity index (χ1v) is 6.36. The van der Waals surface area contributed by atoms with Crippen molar-refractivity contribution in [2.45, 2.75) is 0 Å². The van der Waals surface area contributed by atoms with E-state index in [9.17, 15) is 4.79 Å². The van der Waals surface area contributed by atoms with Gasteiger partial charge in [0.1, 0.15) is 16.4 Å². The van der Waals surface area contributed by atoms with Gasteiger partial charge in [0, 0.05) is 0 Å². The number of hydrazone groups is 1. The summed E-state index contributed by atoms with van der Waals surface area (Å²) < 4.78 is 0. The molecule has 21 heavy (non-hydrogen) atoms. The van der Waals surface area contributed by atoms with E-state index >= 15 is 0 Å². The van der Waals surface area contributed by atoms with Crippen LogP contribution in [0.25, 0.3) is 11.0 Å². The number of benzene rings is 1. The molecule has 104 valence electrons. The maximum Gasteiger partial charge on any atom is 0.285 e. The van der Waals surface area contributed by atoms with Gasteiger partial charge >= 0.3 is 0 Å². The molecule has 1 aromatic carbocycles. The zero-order valence-corrected chi connectivity index (χ0v) is 11.4. The molecule has 2 heterocycles. The molecule has 0 saturated heterocycles. The van der Waals surface area contributed by atoms with Crippen LogP contribution in [0.3, 0.4) is 0 Å². The minimum atomic E-state index is -0.484. The highest BCUT2D eigenvalue weighted by atomic mass is 35.5. The number of halogens is 1. The summed E-state index contributed by atoms with van der Waals surface area (Å²) in [6.45, 7) is 0. The molecule has 0 saturated carbocycles. The molecule has 0 unspecified atom stereocenters. The summed E-state index contributed by atoms with van der Waals surface area (Å²) in [6, 6.07) is 7.53. The maximum atomic E-state index is 11.3. The molecule has 3 aromatic rings. The highest BCUT2D eigenvalue weighted by molar-refractivity contribution is 6.32. The average molecular weight is 301 g/mol. The summed E-state index contributed by atoms with van der Waals surface area (Å²) >= 11 is 5.80. The number of anilines is 1. The fourth-order valence-electron chi connectivity index (χ4n) is 1.66. The van der Waals surface area contributed by atoms with Crippen LogP contribution in [0.5, 0.6) is 0 Å². The number of para-hydroxylation sites is 2. The van der Waals surface area contributed by atoms with Crippen LogP contribution in [0.15, 0.2) is 46.6 Å². The number of hydrogen-bond donors (Lipinski definition) is 2. The van der Waals surface area contributed by atoms with Gasteiger partial charge in [-0.15, -0.1) is 0 Å². The third-order valence-electron chi connectivity index (χ3n) is 2.64. The molecular weight excluding hydrogens is 292 g/mol. The lowest BCUT2D eigenvalue weighted by molar-refractivity contribution is 0.987. The normalized spacial score (nSPS) is 11.1. The van der Waals surface area contributed by atoms with Crippen LogP contribution < -0.4 is 11.0 Å². The minimum absolute atomic E-state index is 0.00764. The van der Waals surface area contributed by atoms with Gasteiger partial charge in [0.2, 0.25) is 0 Å². The fraction of sp³-hybridized carbons (Fsp3) is 0. The molecule has 0 bridgehead atoms. The smallest absolute Gasteiger partial charge is 0.275 e. The van der Waals surface area contributed by atoms with Crippen LogP contribution in [0.4, 0.5) is 5.69 Å². The molecule has 0 aliphatic carbocycles. The number of aromatic amines is 1. The average Bonchev–Trinajstić information content (AvgIpc) is 2.51. The van der Waals surface area contributed by atoms with Gasteiger partial charge < -0.3 is 0 Å². The second-order valence-electron chi connectivity index (χ2n) is 4.08. The summed E-state index contributed by atoms with van der Waals surface area (Å²) in [6.07, 6.45) is 4.45. The van der Waals surface area contributed by atoms with Crippen LogP contribution in [-0.4, -0.2) is 26.4 Å². The Hall–Kier alpha value is -2.80. The van der Waals surface area contributed by atoms with Gasteiger partial charge in [0.15, 0.2) is 0 Å². The molecule has 0 amide bonds. The lowest BCUT2D eigenvalue weighted by Crippen LogP contribution is -2.10. The molecule has 0 aliphatic rings. The number of nitrogens with one attached hydrogen (secondary N) is 2. The van der Waals surface area contributed by atoms with Crippen LogP contribution in [-0.2, 0) is 0 Å². The summed E-state index contributed by atoms with van der Waals surface area (Å²) in [4.78, 5) is 19.9. The Morgan fingerprint density at radius 3 is 2.90 bits per heavy atom. The van der Waals surface area contributed by atoms with Gasteiger partial charge in [-0.05, 0) is 12.1 Å². The maximum absolute atomic E-state index is 11.3. The zero-order chi connectivity index (χ0) is 14.7. The number of hydrogen-bond acceptors (Lipinski definition) is 6.